The molecule has 0 atom stereocenters. The van der Waals surface area contributed by atoms with Crippen LogP contribution in [0.2, 0.25) is 0 Å². The van der Waals surface area contributed by atoms with E-state index in [-0.39, 0.29) is 39.9 Å². The minimum absolute atomic E-state index is 0. The van der Waals surface area contributed by atoms with Crippen LogP contribution in [-0.4, -0.2) is 25.8 Å². The summed E-state index contributed by atoms with van der Waals surface area (Å²) in [5.74, 6) is 0. The van der Waals surface area contributed by atoms with Crippen molar-refractivity contribution in [1.29, 1.82) is 0 Å². The van der Waals surface area contributed by atoms with Crippen molar-refractivity contribution in [2.45, 2.75) is 0 Å². The first kappa shape index (κ1) is 691. The fourth-order valence-corrected chi connectivity index (χ4v) is 0. The lowest BCUT2D eigenvalue weighted by Crippen LogP contribution is -0.382. The molecular formula is H6AlBF3. The third kappa shape index (κ3) is 167. The van der Waals surface area contributed by atoms with Crippen molar-refractivity contribution in [3.05, 3.63) is 0 Å². The van der Waals surface area contributed by atoms with E-state index < -0.39 is 0 Å². The van der Waals surface area contributed by atoms with E-state index in [0.29, 0.717) is 0 Å². The maximum absolute atomic E-state index is 0. The normalized spacial score (nSPS) is 0. The SMILES string of the molecule is F.F.F.[AlH3].[B]. The summed E-state index contributed by atoms with van der Waals surface area (Å²) in [5.41, 5.74) is 0. The Morgan fingerprint density at radius 1 is 0.600 bits per heavy atom. The highest BCUT2D eigenvalue weighted by molar-refractivity contribution is 5.76. The predicted molar refractivity (Wildman–Crippen MR) is 23.2 cm³/mol. The molecule has 0 saturated carbocycles. The summed E-state index contributed by atoms with van der Waals surface area (Å²) >= 11 is 0. The van der Waals surface area contributed by atoms with Gasteiger partial charge < -0.3 is 0 Å². The third-order valence-corrected chi connectivity index (χ3v) is 0. The van der Waals surface area contributed by atoms with Crippen molar-refractivity contribution >= 4 is 25.8 Å². The second-order valence-corrected chi connectivity index (χ2v) is 0. The van der Waals surface area contributed by atoms with Crippen molar-refractivity contribution in [2.75, 3.05) is 0 Å². The molecule has 0 nitrogen and oxygen atoms in total. The lowest BCUT2D eigenvalue weighted by atomic mass is 10.8. The summed E-state index contributed by atoms with van der Waals surface area (Å²) in [4.78, 5) is 0. The Labute approximate surface area is 40.8 Å². The van der Waals surface area contributed by atoms with Crippen LogP contribution in [0.3, 0.4) is 0 Å². The Morgan fingerprint density at radius 3 is 0.600 bits per heavy atom. The standard InChI is InChI=1S/Al.B.3FH.3H/h;;3*1H;;;. The molecule has 0 fully saturated rings. The zero-order valence-corrected chi connectivity index (χ0v) is 1.80. The summed E-state index contributed by atoms with van der Waals surface area (Å²) < 4.78 is 0. The molecule has 0 aromatic carbocycles. The molecule has 0 spiro atoms. The molecule has 33 valence electrons. The van der Waals surface area contributed by atoms with Gasteiger partial charge in [0.1, 0.15) is 0 Å². The van der Waals surface area contributed by atoms with E-state index in [4.69, 9.17) is 0 Å². The van der Waals surface area contributed by atoms with Crippen molar-refractivity contribution in [2.24, 2.45) is 0 Å². The molecule has 0 heterocycles. The number of hydrogen-bond acceptors (Lipinski definition) is 0. The Morgan fingerprint density at radius 2 is 0.600 bits per heavy atom. The number of rotatable bonds is 0. The van der Waals surface area contributed by atoms with Crippen molar-refractivity contribution in [3.8, 4) is 0 Å². The van der Waals surface area contributed by atoms with Gasteiger partial charge in [-0.15, -0.1) is 0 Å². The van der Waals surface area contributed by atoms with E-state index in [1.807, 2.05) is 0 Å². The molecule has 0 amide bonds. The highest BCUT2D eigenvalue weighted by atomic mass is 27.0. The van der Waals surface area contributed by atoms with Gasteiger partial charge in [-0.05, 0) is 0 Å². The zero-order chi connectivity index (χ0) is 0. The molecule has 0 rings (SSSR count). The summed E-state index contributed by atoms with van der Waals surface area (Å²) in [6.45, 7) is 0. The monoisotopic (exact) mass is 101 g/mol. The van der Waals surface area contributed by atoms with Crippen LogP contribution in [0.15, 0.2) is 0 Å². The predicted octanol–water partition coefficient (Wildman–Crippen LogP) is -1.11. The van der Waals surface area contributed by atoms with Gasteiger partial charge in [0.15, 0.2) is 17.4 Å². The third-order valence-electron chi connectivity index (χ3n) is 0. The molecule has 0 aliphatic heterocycles. The van der Waals surface area contributed by atoms with Crippen molar-refractivity contribution in [1.82, 2.24) is 0 Å². The van der Waals surface area contributed by atoms with Crippen molar-refractivity contribution < 1.29 is 14.1 Å². The molecule has 0 aromatic rings. The van der Waals surface area contributed by atoms with Gasteiger partial charge in [0.25, 0.3) is 0 Å². The quantitative estimate of drug-likeness (QED) is 0.339. The van der Waals surface area contributed by atoms with Crippen LogP contribution < -0.4 is 0 Å². The first-order valence-electron chi connectivity index (χ1n) is 0. The van der Waals surface area contributed by atoms with Gasteiger partial charge in [-0.25, -0.2) is 0 Å². The highest BCUT2D eigenvalue weighted by Crippen LogP contribution is 0.422. The van der Waals surface area contributed by atoms with Gasteiger partial charge in [0.2, 0.25) is 0 Å². The molecule has 0 aliphatic rings. The van der Waals surface area contributed by atoms with Crippen molar-refractivity contribution in [3.63, 3.8) is 0 Å². The molecule has 0 aliphatic carbocycles. The summed E-state index contributed by atoms with van der Waals surface area (Å²) in [7, 11) is 0. The summed E-state index contributed by atoms with van der Waals surface area (Å²) in [5, 5.41) is 0. The van der Waals surface area contributed by atoms with Crippen LogP contribution in [0.1, 0.15) is 0 Å². The topological polar surface area (TPSA) is 0 Å². The summed E-state index contributed by atoms with van der Waals surface area (Å²) in [6, 6.07) is 0. The van der Waals surface area contributed by atoms with Crippen LogP contribution in [0.5, 0.6) is 0 Å². The Bertz CT molecular complexity index is 6.85. The Hall–Kier alpha value is 0.387. The van der Waals surface area contributed by atoms with E-state index in [0.717, 1.165) is 0 Å². The lowest BCUT2D eigenvalue weighted by Gasteiger charge is -0.270. The van der Waals surface area contributed by atoms with Gasteiger partial charge in [-0.3, -0.25) is 14.1 Å². The largest absolute Gasteiger partial charge is 0.269 e. The molecule has 5 heavy (non-hydrogen) atoms. The van der Waals surface area contributed by atoms with Gasteiger partial charge in [0.05, 0.1) is 0 Å². The molecule has 3 radical (unpaired) electrons. The van der Waals surface area contributed by atoms with Crippen LogP contribution in [0.4, 0.5) is 14.1 Å². The average Bonchev–Trinajstić information content (AvgIpc) is 0. The zero-order valence-electron chi connectivity index (χ0n) is 1.80. The Balaban J connectivity index is 0. The smallest absolute Gasteiger partial charge is 0.187 e. The van der Waals surface area contributed by atoms with Crippen LogP contribution in [0.25, 0.3) is 0 Å². The number of hydrogen-bond donors (Lipinski definition) is 0. The van der Waals surface area contributed by atoms with E-state index in [9.17, 15) is 0 Å². The Kier molecular flexibility index (Phi) is 46400. The molecule has 0 N–H and O–H groups in total. The highest BCUT2D eigenvalue weighted by Gasteiger charge is 0.187. The van der Waals surface area contributed by atoms with E-state index in [2.05, 4.69) is 0 Å². The van der Waals surface area contributed by atoms with Gasteiger partial charge >= 0.3 is 0 Å². The van der Waals surface area contributed by atoms with Gasteiger partial charge in [-0.1, -0.05) is 0 Å². The van der Waals surface area contributed by atoms with E-state index in [1.165, 1.54) is 0 Å². The van der Waals surface area contributed by atoms with E-state index >= 15 is 0 Å². The molecule has 0 aromatic heterocycles. The van der Waals surface area contributed by atoms with E-state index in [1.54, 1.807) is 0 Å². The maximum Gasteiger partial charge on any atom is 0.187 e. The number of halogens is 3. The minimum Gasteiger partial charge on any atom is -0.269 e. The minimum atomic E-state index is 0. The molecule has 0 unspecified atom stereocenters. The maximum atomic E-state index is 0. The van der Waals surface area contributed by atoms with Gasteiger partial charge in [-0.2, -0.15) is 0 Å². The first-order chi connectivity index (χ1) is 0. The van der Waals surface area contributed by atoms with Crippen LogP contribution in [0, 0.1) is 0 Å². The fraction of sp³-hybridized carbons (Fsp3) is 0. The molecular weight excluding hydrogens is 94.8 g/mol. The second-order valence-electron chi connectivity index (χ2n) is 0. The second kappa shape index (κ2) is 335. The molecule has 5 heteroatoms. The van der Waals surface area contributed by atoms with Crippen LogP contribution >= 0.6 is 0 Å². The summed E-state index contributed by atoms with van der Waals surface area (Å²) in [6.07, 6.45) is 0. The molecule has 0 saturated heterocycles. The first-order valence-corrected chi connectivity index (χ1v) is 0. The average molecular weight is 101 g/mol. The van der Waals surface area contributed by atoms with Gasteiger partial charge in [0, 0.05) is 8.41 Å². The lowest BCUT2D eigenvalue weighted by molar-refractivity contribution is 1.11. The molecule has 0 bridgehead atoms. The fourth-order valence-electron chi connectivity index (χ4n) is 0. The van der Waals surface area contributed by atoms with Crippen LogP contribution in [-0.2, 0) is 0 Å².